The number of alkyl carbamates (subject to hydrolysis) is 1. The zero-order chi connectivity index (χ0) is 35.0. The van der Waals surface area contributed by atoms with Crippen LogP contribution in [-0.4, -0.2) is 54.8 Å². The van der Waals surface area contributed by atoms with Gasteiger partial charge in [-0.2, -0.15) is 0 Å². The minimum Gasteiger partial charge on any atom is -0.543 e. The van der Waals surface area contributed by atoms with Crippen molar-refractivity contribution in [3.05, 3.63) is 70.7 Å². The van der Waals surface area contributed by atoms with E-state index in [0.29, 0.717) is 29.4 Å². The van der Waals surface area contributed by atoms with Gasteiger partial charge in [-0.1, -0.05) is 32.9 Å². The third-order valence-electron chi connectivity index (χ3n) is 9.34. The number of pyridine rings is 1. The molecule has 0 bridgehead atoms. The van der Waals surface area contributed by atoms with Crippen LogP contribution in [0.4, 0.5) is 32.1 Å². The normalized spacial score (nSPS) is 17.0. The van der Waals surface area contributed by atoms with Gasteiger partial charge in [0.25, 0.3) is 0 Å². The number of rotatable bonds is 7. The highest BCUT2D eigenvalue weighted by molar-refractivity contribution is 6.74. The second-order valence-electron chi connectivity index (χ2n) is 15.6. The number of carbonyl (C=O) groups excluding carboxylic acids is 2. The SMILES string of the molecule is Cc1cc(F)c(Nc2ccnc3c2C(=O)Cc2cc(CN4CCC[C@H](NC(=O)OC(C)(C)C)C4)ccc2N3)cc1O[Si](C)(C)C(C)(C)C. The molecule has 0 saturated carbocycles. The van der Waals surface area contributed by atoms with E-state index in [1.165, 1.54) is 6.07 Å². The van der Waals surface area contributed by atoms with E-state index in [2.05, 4.69) is 71.8 Å². The van der Waals surface area contributed by atoms with Crippen LogP contribution in [0.25, 0.3) is 0 Å². The van der Waals surface area contributed by atoms with Crippen molar-refractivity contribution in [1.82, 2.24) is 15.2 Å². The highest BCUT2D eigenvalue weighted by atomic mass is 28.4. The molecule has 3 heterocycles. The molecule has 9 nitrogen and oxygen atoms in total. The number of amides is 1. The summed E-state index contributed by atoms with van der Waals surface area (Å²) in [6, 6.07) is 11.0. The highest BCUT2D eigenvalue weighted by Crippen LogP contribution is 2.40. The Hall–Kier alpha value is -3.96. The highest BCUT2D eigenvalue weighted by Gasteiger charge is 2.39. The monoisotopic (exact) mass is 675 g/mol. The summed E-state index contributed by atoms with van der Waals surface area (Å²) in [5.74, 6) is 0.516. The van der Waals surface area contributed by atoms with Crippen molar-refractivity contribution < 1.29 is 23.1 Å². The molecular weight excluding hydrogens is 626 g/mol. The van der Waals surface area contributed by atoms with Gasteiger partial charge >= 0.3 is 6.09 Å². The fraction of sp³-hybridized carbons (Fsp3) is 0.486. The molecule has 3 N–H and O–H groups in total. The smallest absolute Gasteiger partial charge is 0.407 e. The number of ketones is 1. The number of hydrogen-bond donors (Lipinski definition) is 3. The number of Topliss-reactive ketones (excluding diaryl/α,β-unsaturated/α-hetero) is 1. The molecule has 2 aromatic carbocycles. The molecular formula is C37H50FN5O4Si. The van der Waals surface area contributed by atoms with Crippen molar-refractivity contribution in [2.45, 2.75) is 104 Å². The van der Waals surface area contributed by atoms with Crippen LogP contribution >= 0.6 is 0 Å². The molecule has 0 radical (unpaired) electrons. The van der Waals surface area contributed by atoms with Gasteiger partial charge in [0.1, 0.15) is 23.0 Å². The Morgan fingerprint density at radius 1 is 1.10 bits per heavy atom. The quantitative estimate of drug-likeness (QED) is 0.214. The van der Waals surface area contributed by atoms with Gasteiger partial charge in [0, 0.05) is 43.5 Å². The van der Waals surface area contributed by atoms with E-state index in [-0.39, 0.29) is 29.0 Å². The zero-order valence-corrected chi connectivity index (χ0v) is 30.8. The first-order valence-corrected chi connectivity index (χ1v) is 19.7. The van der Waals surface area contributed by atoms with Gasteiger partial charge in [0.15, 0.2) is 5.78 Å². The number of likely N-dealkylation sites (tertiary alicyclic amines) is 1. The number of aryl methyl sites for hydroxylation is 1. The van der Waals surface area contributed by atoms with E-state index in [9.17, 15) is 9.59 Å². The number of piperidine rings is 1. The second-order valence-corrected chi connectivity index (χ2v) is 20.3. The molecule has 5 rings (SSSR count). The van der Waals surface area contributed by atoms with Crippen molar-refractivity contribution in [1.29, 1.82) is 0 Å². The Kier molecular flexibility index (Phi) is 9.95. The molecule has 1 fully saturated rings. The third-order valence-corrected chi connectivity index (χ3v) is 13.7. The van der Waals surface area contributed by atoms with Crippen LogP contribution in [0.3, 0.4) is 0 Å². The van der Waals surface area contributed by atoms with Crippen LogP contribution < -0.4 is 20.4 Å². The van der Waals surface area contributed by atoms with Gasteiger partial charge in [-0.15, -0.1) is 0 Å². The van der Waals surface area contributed by atoms with Crippen molar-refractivity contribution in [2.24, 2.45) is 0 Å². The number of carbonyl (C=O) groups is 2. The average Bonchev–Trinajstić information content (AvgIpc) is 3.09. The van der Waals surface area contributed by atoms with Crippen LogP contribution in [0.2, 0.25) is 18.1 Å². The molecule has 2 aliphatic rings. The summed E-state index contributed by atoms with van der Waals surface area (Å²) in [7, 11) is -2.17. The van der Waals surface area contributed by atoms with Crippen LogP contribution in [0.1, 0.15) is 81.4 Å². The molecule has 1 aromatic heterocycles. The van der Waals surface area contributed by atoms with E-state index < -0.39 is 25.8 Å². The molecule has 11 heteroatoms. The molecule has 48 heavy (non-hydrogen) atoms. The van der Waals surface area contributed by atoms with Crippen molar-refractivity contribution in [2.75, 3.05) is 23.7 Å². The molecule has 2 aliphatic heterocycles. The fourth-order valence-corrected chi connectivity index (χ4v) is 6.90. The lowest BCUT2D eigenvalue weighted by Gasteiger charge is -2.37. The number of ether oxygens (including phenoxy) is 1. The average molecular weight is 676 g/mol. The van der Waals surface area contributed by atoms with Gasteiger partial charge in [0.2, 0.25) is 8.32 Å². The van der Waals surface area contributed by atoms with E-state index in [4.69, 9.17) is 9.16 Å². The van der Waals surface area contributed by atoms with Crippen LogP contribution in [0.15, 0.2) is 42.6 Å². The number of halogens is 1. The number of fused-ring (bicyclic) bond motifs is 2. The maximum absolute atomic E-state index is 15.3. The number of nitrogens with one attached hydrogen (secondary N) is 3. The van der Waals surface area contributed by atoms with Gasteiger partial charge in [-0.25, -0.2) is 14.2 Å². The van der Waals surface area contributed by atoms with Gasteiger partial charge in [0.05, 0.1) is 16.9 Å². The maximum atomic E-state index is 15.3. The van der Waals surface area contributed by atoms with E-state index in [0.717, 1.165) is 48.3 Å². The standard InChI is InChI=1S/C37H50FN5O4Si/c1-23-17-27(38)30(20-32(23)47-48(8,9)37(5,6)7)41-29-14-15-39-34-33(29)31(44)19-25-18-24(12-13-28(25)42-34)21-43-16-10-11-26(22-43)40-35(45)46-36(2,3)4/h12-15,17-18,20,26H,10-11,16,19,21-22H2,1-9H3,(H,40,45)(H2,39,41,42)/t26-/m0/s1. The summed E-state index contributed by atoms with van der Waals surface area (Å²) >= 11 is 0. The van der Waals surface area contributed by atoms with Crippen LogP contribution in [0.5, 0.6) is 5.75 Å². The Balaban J connectivity index is 1.32. The van der Waals surface area contributed by atoms with Crippen LogP contribution in [-0.2, 0) is 17.7 Å². The Labute approximate surface area is 285 Å². The summed E-state index contributed by atoms with van der Waals surface area (Å²) in [6.45, 7) is 20.6. The van der Waals surface area contributed by atoms with E-state index in [1.807, 2.05) is 33.8 Å². The first kappa shape index (κ1) is 35.3. The molecule has 1 amide bonds. The molecule has 258 valence electrons. The first-order valence-electron chi connectivity index (χ1n) is 16.8. The second kappa shape index (κ2) is 13.5. The predicted molar refractivity (Wildman–Crippen MR) is 192 cm³/mol. The van der Waals surface area contributed by atoms with Gasteiger partial charge < -0.3 is 25.1 Å². The molecule has 0 unspecified atom stereocenters. The Bertz CT molecular complexity index is 1700. The summed E-state index contributed by atoms with van der Waals surface area (Å²) < 4.78 is 27.3. The van der Waals surface area contributed by atoms with Gasteiger partial charge in [-0.05, 0) is 100 Å². The number of hydrogen-bond acceptors (Lipinski definition) is 8. The van der Waals surface area contributed by atoms with Gasteiger partial charge in [-0.3, -0.25) is 9.69 Å². The zero-order valence-electron chi connectivity index (χ0n) is 29.8. The largest absolute Gasteiger partial charge is 0.543 e. The topological polar surface area (TPSA) is 105 Å². The Morgan fingerprint density at radius 3 is 2.56 bits per heavy atom. The Morgan fingerprint density at radius 2 is 1.85 bits per heavy atom. The number of nitrogens with zero attached hydrogens (tertiary/aromatic N) is 2. The lowest BCUT2D eigenvalue weighted by molar-refractivity contribution is 0.0470. The molecule has 3 aromatic rings. The maximum Gasteiger partial charge on any atom is 0.407 e. The number of aromatic nitrogens is 1. The molecule has 1 atom stereocenters. The predicted octanol–water partition coefficient (Wildman–Crippen LogP) is 8.63. The summed E-state index contributed by atoms with van der Waals surface area (Å²) in [5, 5.41) is 9.54. The summed E-state index contributed by atoms with van der Waals surface area (Å²) in [4.78, 5) is 33.0. The molecule has 0 aliphatic carbocycles. The third kappa shape index (κ3) is 8.36. The van der Waals surface area contributed by atoms with Crippen molar-refractivity contribution in [3.8, 4) is 5.75 Å². The van der Waals surface area contributed by atoms with Crippen molar-refractivity contribution >= 4 is 43.1 Å². The lowest BCUT2D eigenvalue weighted by atomic mass is 10.00. The number of anilines is 4. The number of benzene rings is 2. The first-order chi connectivity index (χ1) is 22.4. The summed E-state index contributed by atoms with van der Waals surface area (Å²) in [6.07, 6.45) is 3.25. The van der Waals surface area contributed by atoms with Crippen LogP contribution in [0, 0.1) is 12.7 Å². The van der Waals surface area contributed by atoms with E-state index >= 15 is 4.39 Å². The fourth-order valence-electron chi connectivity index (χ4n) is 5.83. The molecule has 1 saturated heterocycles. The minimum absolute atomic E-state index is 0.0113. The lowest BCUT2D eigenvalue weighted by Crippen LogP contribution is -2.48. The summed E-state index contributed by atoms with van der Waals surface area (Å²) in [5.41, 5.74) is 4.03. The minimum atomic E-state index is -2.17. The van der Waals surface area contributed by atoms with Crippen molar-refractivity contribution in [3.63, 3.8) is 0 Å². The van der Waals surface area contributed by atoms with E-state index in [1.54, 1.807) is 18.3 Å². The molecule has 0 spiro atoms.